The topological polar surface area (TPSA) is 37.3 Å². The largest absolute Gasteiger partial charge is 0.392 e. The zero-order valence-corrected chi connectivity index (χ0v) is 6.36. The predicted molar refractivity (Wildman–Crippen MR) is 38.8 cm³/mol. The van der Waals surface area contributed by atoms with Crippen LogP contribution in [0.1, 0.15) is 19.3 Å². The Morgan fingerprint density at radius 2 is 1.91 bits per heavy atom. The van der Waals surface area contributed by atoms with Crippen LogP contribution in [0.3, 0.4) is 0 Å². The minimum atomic E-state index is -0.272. The van der Waals surface area contributed by atoms with Gasteiger partial charge in [0.15, 0.2) is 0 Å². The molecule has 5 atom stereocenters. The van der Waals surface area contributed by atoms with Gasteiger partial charge in [-0.2, -0.15) is 0 Å². The van der Waals surface area contributed by atoms with Crippen molar-refractivity contribution in [2.24, 2.45) is 23.7 Å². The Labute approximate surface area is 65.6 Å². The smallest absolute Gasteiger partial charge is 0.142 e. The van der Waals surface area contributed by atoms with Gasteiger partial charge >= 0.3 is 0 Å². The van der Waals surface area contributed by atoms with E-state index in [1.54, 1.807) is 0 Å². The fraction of sp³-hybridized carbons (Fsp3) is 0.889. The number of carbonyl (C=O) groups excluding carboxylic acids is 1. The third-order valence-corrected chi connectivity index (χ3v) is 3.88. The summed E-state index contributed by atoms with van der Waals surface area (Å²) in [6.45, 7) is 0. The lowest BCUT2D eigenvalue weighted by atomic mass is 9.80. The summed E-state index contributed by atoms with van der Waals surface area (Å²) in [6, 6.07) is 0. The summed E-state index contributed by atoms with van der Waals surface area (Å²) in [5, 5.41) is 9.66. The second-order valence-corrected chi connectivity index (χ2v) is 4.34. The van der Waals surface area contributed by atoms with Crippen LogP contribution in [0.25, 0.3) is 0 Å². The second-order valence-electron chi connectivity index (χ2n) is 4.34. The average molecular weight is 152 g/mol. The van der Waals surface area contributed by atoms with Gasteiger partial charge in [-0.15, -0.1) is 0 Å². The number of ketones is 1. The van der Waals surface area contributed by atoms with E-state index in [0.29, 0.717) is 11.7 Å². The number of aliphatic hydroxyl groups excluding tert-OH is 1. The van der Waals surface area contributed by atoms with E-state index in [0.717, 1.165) is 25.2 Å². The molecule has 5 unspecified atom stereocenters. The van der Waals surface area contributed by atoms with E-state index >= 15 is 0 Å². The van der Waals surface area contributed by atoms with Crippen molar-refractivity contribution in [2.45, 2.75) is 25.4 Å². The molecule has 2 heteroatoms. The number of hydrogen-bond donors (Lipinski definition) is 1. The number of rotatable bonds is 0. The van der Waals surface area contributed by atoms with Crippen molar-refractivity contribution < 1.29 is 9.90 Å². The van der Waals surface area contributed by atoms with Crippen molar-refractivity contribution in [3.63, 3.8) is 0 Å². The summed E-state index contributed by atoms with van der Waals surface area (Å²) in [5.41, 5.74) is 0. The van der Waals surface area contributed by atoms with Gasteiger partial charge in [-0.25, -0.2) is 0 Å². The maximum atomic E-state index is 11.5. The minimum Gasteiger partial charge on any atom is -0.392 e. The van der Waals surface area contributed by atoms with Crippen LogP contribution in [0.5, 0.6) is 0 Å². The van der Waals surface area contributed by atoms with Crippen LogP contribution < -0.4 is 0 Å². The van der Waals surface area contributed by atoms with E-state index in [2.05, 4.69) is 0 Å². The maximum absolute atomic E-state index is 11.5. The molecule has 0 spiro atoms. The molecule has 11 heavy (non-hydrogen) atoms. The highest BCUT2D eigenvalue weighted by molar-refractivity contribution is 5.88. The summed E-state index contributed by atoms with van der Waals surface area (Å²) in [5.74, 6) is 1.80. The van der Waals surface area contributed by atoms with E-state index in [1.165, 1.54) is 0 Å². The van der Waals surface area contributed by atoms with Crippen LogP contribution in [0.4, 0.5) is 0 Å². The quantitative estimate of drug-likeness (QED) is 0.551. The second kappa shape index (κ2) is 1.69. The zero-order chi connectivity index (χ0) is 7.59. The minimum absolute atomic E-state index is 0.0394. The highest BCUT2D eigenvalue weighted by Crippen LogP contribution is 2.55. The number of hydrogen-bond acceptors (Lipinski definition) is 2. The first kappa shape index (κ1) is 6.18. The molecular formula is C9H12O2. The lowest BCUT2D eigenvalue weighted by molar-refractivity contribution is -0.127. The molecule has 1 N–H and O–H groups in total. The fourth-order valence-electron chi connectivity index (χ4n) is 3.43. The molecule has 0 aromatic heterocycles. The van der Waals surface area contributed by atoms with Crippen molar-refractivity contribution in [3.05, 3.63) is 0 Å². The lowest BCUT2D eigenvalue weighted by Gasteiger charge is -2.27. The Balaban J connectivity index is 2.07. The van der Waals surface area contributed by atoms with Crippen LogP contribution in [0, 0.1) is 23.7 Å². The van der Waals surface area contributed by atoms with Gasteiger partial charge in [-0.1, -0.05) is 0 Å². The first-order chi connectivity index (χ1) is 5.27. The number of Topliss-reactive ketones (excluding diaryl/α,β-unsaturated/α-hetero) is 1. The Kier molecular flexibility index (Phi) is 0.947. The van der Waals surface area contributed by atoms with Crippen LogP contribution in [0.2, 0.25) is 0 Å². The Morgan fingerprint density at radius 1 is 1.18 bits per heavy atom. The highest BCUT2D eigenvalue weighted by Gasteiger charge is 2.58. The first-order valence-electron chi connectivity index (χ1n) is 4.49. The monoisotopic (exact) mass is 152 g/mol. The Hall–Kier alpha value is -0.370. The molecule has 4 rings (SSSR count). The predicted octanol–water partition coefficient (Wildman–Crippen LogP) is 0.592. The fourth-order valence-corrected chi connectivity index (χ4v) is 3.43. The number of aliphatic hydroxyl groups is 1. The van der Waals surface area contributed by atoms with Crippen LogP contribution in [-0.2, 0) is 4.79 Å². The molecule has 2 nitrogen and oxygen atoms in total. The molecule has 0 radical (unpaired) electrons. The van der Waals surface area contributed by atoms with Crippen molar-refractivity contribution in [2.75, 3.05) is 0 Å². The molecule has 0 saturated heterocycles. The molecule has 4 aliphatic carbocycles. The summed E-state index contributed by atoms with van der Waals surface area (Å²) >= 11 is 0. The van der Waals surface area contributed by atoms with E-state index in [-0.39, 0.29) is 17.9 Å². The van der Waals surface area contributed by atoms with Crippen LogP contribution >= 0.6 is 0 Å². The standard InChI is InChI=1S/C9H12O2/c10-8-5-1-4-2-6(5)9(11)7(8)3-4/h4-8,10H,1-3H2. The molecule has 0 amide bonds. The average Bonchev–Trinajstić information content (AvgIpc) is 2.39. The third-order valence-electron chi connectivity index (χ3n) is 3.88. The van der Waals surface area contributed by atoms with E-state index in [4.69, 9.17) is 0 Å². The van der Waals surface area contributed by atoms with Gasteiger partial charge in [0, 0.05) is 11.8 Å². The zero-order valence-electron chi connectivity index (χ0n) is 6.36. The maximum Gasteiger partial charge on any atom is 0.142 e. The van der Waals surface area contributed by atoms with Crippen molar-refractivity contribution in [1.29, 1.82) is 0 Å². The summed E-state index contributed by atoms with van der Waals surface area (Å²) < 4.78 is 0. The third kappa shape index (κ3) is 0.560. The summed E-state index contributed by atoms with van der Waals surface area (Å²) in [4.78, 5) is 11.5. The molecular weight excluding hydrogens is 140 g/mol. The van der Waals surface area contributed by atoms with Crippen LogP contribution in [0.15, 0.2) is 0 Å². The molecule has 0 heterocycles. The highest BCUT2D eigenvalue weighted by atomic mass is 16.3. The van der Waals surface area contributed by atoms with E-state index < -0.39 is 0 Å². The molecule has 4 saturated carbocycles. The summed E-state index contributed by atoms with van der Waals surface area (Å²) in [6.07, 6.45) is 2.91. The van der Waals surface area contributed by atoms with Gasteiger partial charge in [0.2, 0.25) is 0 Å². The van der Waals surface area contributed by atoms with Gasteiger partial charge in [-0.3, -0.25) is 4.79 Å². The SMILES string of the molecule is O=C1C2CC3CC1C(C3)C2O. The van der Waals surface area contributed by atoms with Crippen molar-refractivity contribution in [1.82, 2.24) is 0 Å². The Bertz CT molecular complexity index is 220. The molecule has 60 valence electrons. The van der Waals surface area contributed by atoms with Gasteiger partial charge in [0.05, 0.1) is 6.10 Å². The molecule has 0 aliphatic heterocycles. The normalized spacial score (nSPS) is 59.4. The molecule has 4 aliphatic rings. The molecule has 0 aromatic carbocycles. The summed E-state index contributed by atoms with van der Waals surface area (Å²) in [7, 11) is 0. The first-order valence-corrected chi connectivity index (χ1v) is 4.49. The molecule has 0 aromatic rings. The van der Waals surface area contributed by atoms with E-state index in [1.807, 2.05) is 0 Å². The van der Waals surface area contributed by atoms with Gasteiger partial charge < -0.3 is 5.11 Å². The lowest BCUT2D eigenvalue weighted by Crippen LogP contribution is -2.31. The van der Waals surface area contributed by atoms with Crippen LogP contribution in [-0.4, -0.2) is 17.0 Å². The molecule has 4 fully saturated rings. The molecule has 4 bridgehead atoms. The Morgan fingerprint density at radius 3 is 2.55 bits per heavy atom. The number of carbonyl (C=O) groups is 1. The van der Waals surface area contributed by atoms with Crippen molar-refractivity contribution in [3.8, 4) is 0 Å². The van der Waals surface area contributed by atoms with Gasteiger partial charge in [0.1, 0.15) is 5.78 Å². The van der Waals surface area contributed by atoms with Crippen molar-refractivity contribution >= 4 is 5.78 Å². The van der Waals surface area contributed by atoms with E-state index in [9.17, 15) is 9.90 Å². The van der Waals surface area contributed by atoms with Gasteiger partial charge in [-0.05, 0) is 31.1 Å². The van der Waals surface area contributed by atoms with Gasteiger partial charge in [0.25, 0.3) is 0 Å².